The van der Waals surface area contributed by atoms with Gasteiger partial charge in [0.05, 0.1) is 12.7 Å². The van der Waals surface area contributed by atoms with Crippen LogP contribution in [0.25, 0.3) is 10.1 Å². The molecule has 0 radical (unpaired) electrons. The Hall–Kier alpha value is -2.79. The smallest absolute Gasteiger partial charge is 0.316 e. The zero-order valence-electron chi connectivity index (χ0n) is 20.0. The molecule has 3 aromatic rings. The van der Waals surface area contributed by atoms with Crippen molar-refractivity contribution in [2.75, 3.05) is 32.4 Å². The van der Waals surface area contributed by atoms with Crippen LogP contribution in [-0.2, 0) is 21.3 Å². The summed E-state index contributed by atoms with van der Waals surface area (Å²) in [7, 11) is -3.67. The molecule has 35 heavy (non-hydrogen) atoms. The molecule has 10 heteroatoms. The van der Waals surface area contributed by atoms with Crippen molar-refractivity contribution in [1.29, 1.82) is 0 Å². The van der Waals surface area contributed by atoms with Gasteiger partial charge in [-0.1, -0.05) is 18.2 Å². The number of hydrogen-bond acceptors (Lipinski definition) is 7. The Morgan fingerprint density at radius 3 is 2.20 bits per heavy atom. The fraction of sp³-hybridized carbons (Fsp3) is 0.360. The van der Waals surface area contributed by atoms with E-state index in [-0.39, 0.29) is 18.3 Å². The second-order valence-electron chi connectivity index (χ2n) is 8.58. The van der Waals surface area contributed by atoms with E-state index in [9.17, 15) is 18.0 Å². The van der Waals surface area contributed by atoms with Gasteiger partial charge in [-0.2, -0.15) is 8.42 Å². The van der Waals surface area contributed by atoms with Crippen molar-refractivity contribution in [3.8, 4) is 5.75 Å². The first-order valence-electron chi connectivity index (χ1n) is 11.2. The maximum Gasteiger partial charge on any atom is 0.316 e. The van der Waals surface area contributed by atoms with Crippen LogP contribution in [-0.4, -0.2) is 73.1 Å². The third-order valence-electron chi connectivity index (χ3n) is 5.46. The molecule has 1 aliphatic heterocycles. The number of nitrogens with zero attached hydrogens (tertiary/aromatic N) is 2. The van der Waals surface area contributed by atoms with Crippen LogP contribution < -0.4 is 4.74 Å². The fourth-order valence-corrected chi connectivity index (χ4v) is 4.77. The van der Waals surface area contributed by atoms with Gasteiger partial charge >= 0.3 is 5.97 Å². The van der Waals surface area contributed by atoms with Crippen LogP contribution in [0.15, 0.2) is 54.6 Å². The van der Waals surface area contributed by atoms with Crippen molar-refractivity contribution in [2.24, 2.45) is 0 Å². The molecular weight excluding hydrogens is 488 g/mol. The number of carbonyl (C=O) groups is 2. The minimum atomic E-state index is -3.67. The number of thiophene rings is 1. The summed E-state index contributed by atoms with van der Waals surface area (Å²) in [6, 6.07) is 17.5. The average molecular weight is 519 g/mol. The highest BCUT2D eigenvalue weighted by Crippen LogP contribution is 2.26. The van der Waals surface area contributed by atoms with Gasteiger partial charge in [-0.05, 0) is 55.6 Å². The highest BCUT2D eigenvalue weighted by molar-refractivity contribution is 7.85. The normalized spacial score (nSPS) is 14.5. The molecule has 1 aliphatic rings. The molecule has 1 aromatic heterocycles. The van der Waals surface area contributed by atoms with Crippen molar-refractivity contribution in [3.63, 3.8) is 0 Å². The maximum atomic E-state index is 12.7. The van der Waals surface area contributed by atoms with Gasteiger partial charge in [0.25, 0.3) is 16.0 Å². The number of benzene rings is 2. The standard InChI is InChI=1S/C24H26N2O3S.CH4O3S/c1-17(2)25-11-13-26(14-12-25)24(28)18-7-9-20(10-8-18)29-23(27)16-21-15-19-5-3-4-6-22(19)30-21;1-5(2,3)4/h3-10,15,17H,11-14,16H2,1-2H3;1H3,(H,2,3,4). The van der Waals surface area contributed by atoms with Crippen molar-refractivity contribution in [2.45, 2.75) is 26.3 Å². The molecule has 0 bridgehead atoms. The molecule has 1 amide bonds. The van der Waals surface area contributed by atoms with Crippen LogP contribution in [0.5, 0.6) is 5.75 Å². The minimum Gasteiger partial charge on any atom is -0.426 e. The van der Waals surface area contributed by atoms with Gasteiger partial charge in [0.15, 0.2) is 0 Å². The summed E-state index contributed by atoms with van der Waals surface area (Å²) in [6.45, 7) is 7.63. The number of amides is 1. The maximum absolute atomic E-state index is 12.7. The second-order valence-corrected chi connectivity index (χ2v) is 11.2. The molecule has 2 aromatic carbocycles. The van der Waals surface area contributed by atoms with E-state index in [0.29, 0.717) is 23.6 Å². The Labute approximate surface area is 209 Å². The molecular formula is C25H30N2O6S2. The molecule has 1 saturated heterocycles. The Morgan fingerprint density at radius 2 is 1.63 bits per heavy atom. The van der Waals surface area contributed by atoms with Gasteiger partial charge in [-0.25, -0.2) is 0 Å². The van der Waals surface area contributed by atoms with Gasteiger partial charge in [-0.15, -0.1) is 11.3 Å². The van der Waals surface area contributed by atoms with Gasteiger partial charge in [0.1, 0.15) is 5.75 Å². The first kappa shape index (κ1) is 26.8. The van der Waals surface area contributed by atoms with E-state index in [0.717, 1.165) is 41.1 Å². The first-order chi connectivity index (χ1) is 16.5. The van der Waals surface area contributed by atoms with E-state index >= 15 is 0 Å². The second kappa shape index (κ2) is 11.8. The summed E-state index contributed by atoms with van der Waals surface area (Å²) in [4.78, 5) is 30.3. The van der Waals surface area contributed by atoms with Crippen LogP contribution in [0.1, 0.15) is 29.1 Å². The predicted molar refractivity (Wildman–Crippen MR) is 138 cm³/mol. The van der Waals surface area contributed by atoms with Gasteiger partial charge < -0.3 is 9.64 Å². The van der Waals surface area contributed by atoms with Crippen molar-refractivity contribution in [3.05, 3.63) is 65.0 Å². The number of rotatable bonds is 5. The van der Waals surface area contributed by atoms with Crippen LogP contribution in [0, 0.1) is 0 Å². The largest absolute Gasteiger partial charge is 0.426 e. The number of carbonyl (C=O) groups excluding carboxylic acids is 2. The van der Waals surface area contributed by atoms with Gasteiger partial charge in [-0.3, -0.25) is 19.0 Å². The zero-order valence-corrected chi connectivity index (χ0v) is 21.6. The zero-order chi connectivity index (χ0) is 25.6. The Kier molecular flexibility index (Phi) is 9.01. The third kappa shape index (κ3) is 8.43. The molecule has 0 atom stereocenters. The van der Waals surface area contributed by atoms with Crippen LogP contribution in [0.2, 0.25) is 0 Å². The molecule has 0 spiro atoms. The lowest BCUT2D eigenvalue weighted by molar-refractivity contribution is -0.133. The summed E-state index contributed by atoms with van der Waals surface area (Å²) in [5.41, 5.74) is 0.623. The molecule has 1 fully saturated rings. The number of hydrogen-bond donors (Lipinski definition) is 1. The molecule has 0 saturated carbocycles. The number of fused-ring (bicyclic) bond motifs is 1. The highest BCUT2D eigenvalue weighted by atomic mass is 32.2. The summed E-state index contributed by atoms with van der Waals surface area (Å²) >= 11 is 1.61. The number of piperazine rings is 1. The Morgan fingerprint density at radius 1 is 1.03 bits per heavy atom. The first-order valence-corrected chi connectivity index (χ1v) is 13.9. The van der Waals surface area contributed by atoms with Crippen LogP contribution in [0.4, 0.5) is 0 Å². The topological polar surface area (TPSA) is 104 Å². The fourth-order valence-electron chi connectivity index (χ4n) is 3.72. The molecule has 4 rings (SSSR count). The minimum absolute atomic E-state index is 0.0292. The molecule has 0 aliphatic carbocycles. The lowest BCUT2D eigenvalue weighted by Gasteiger charge is -2.37. The summed E-state index contributed by atoms with van der Waals surface area (Å²) in [6.07, 6.45) is 0.952. The molecule has 188 valence electrons. The summed E-state index contributed by atoms with van der Waals surface area (Å²) in [5, 5.41) is 1.14. The lowest BCUT2D eigenvalue weighted by Crippen LogP contribution is -2.50. The van der Waals surface area contributed by atoms with Crippen LogP contribution in [0.3, 0.4) is 0 Å². The van der Waals surface area contributed by atoms with E-state index in [2.05, 4.69) is 18.7 Å². The molecule has 2 heterocycles. The third-order valence-corrected chi connectivity index (χ3v) is 6.58. The quantitative estimate of drug-likeness (QED) is 0.312. The highest BCUT2D eigenvalue weighted by Gasteiger charge is 2.23. The van der Waals surface area contributed by atoms with E-state index < -0.39 is 10.1 Å². The monoisotopic (exact) mass is 518 g/mol. The van der Waals surface area contributed by atoms with E-state index in [1.165, 1.54) is 0 Å². The Bertz CT molecular complexity index is 1220. The van der Waals surface area contributed by atoms with E-state index in [4.69, 9.17) is 9.29 Å². The van der Waals surface area contributed by atoms with E-state index in [1.807, 2.05) is 35.2 Å². The number of ether oxygens (including phenoxy) is 1. The van der Waals surface area contributed by atoms with Gasteiger partial charge in [0.2, 0.25) is 0 Å². The molecule has 8 nitrogen and oxygen atoms in total. The van der Waals surface area contributed by atoms with Crippen molar-refractivity contribution >= 4 is 43.4 Å². The molecule has 0 unspecified atom stereocenters. The van der Waals surface area contributed by atoms with Crippen molar-refractivity contribution < 1.29 is 27.3 Å². The summed E-state index contributed by atoms with van der Waals surface area (Å²) in [5.74, 6) is 0.189. The van der Waals surface area contributed by atoms with E-state index in [1.54, 1.807) is 35.6 Å². The van der Waals surface area contributed by atoms with Gasteiger partial charge in [0, 0.05) is 47.4 Å². The van der Waals surface area contributed by atoms with Crippen LogP contribution >= 0.6 is 11.3 Å². The van der Waals surface area contributed by atoms with Crippen molar-refractivity contribution in [1.82, 2.24) is 9.80 Å². The SMILES string of the molecule is CC(C)N1CCN(C(=O)c2ccc(OC(=O)Cc3cc4ccccc4s3)cc2)CC1.CS(=O)(=O)O. The predicted octanol–water partition coefficient (Wildman–Crippen LogP) is 3.72. The molecule has 1 N–H and O–H groups in total. The number of esters is 1. The summed E-state index contributed by atoms with van der Waals surface area (Å²) < 4.78 is 32.5. The Balaban J connectivity index is 0.000000623. The lowest BCUT2D eigenvalue weighted by atomic mass is 10.1. The average Bonchev–Trinajstić information content (AvgIpc) is 3.20.